The number of likely N-dealkylation sites (N-methyl/N-ethyl adjacent to an activating group) is 1. The number of nitrogens with zero attached hydrogens (tertiary/aromatic N) is 3. The molecule has 0 unspecified atom stereocenters. The molecule has 0 aromatic carbocycles. The summed E-state index contributed by atoms with van der Waals surface area (Å²) in [6.07, 6.45) is 8.28. The minimum Gasteiger partial charge on any atom is -0.356 e. The van der Waals surface area contributed by atoms with Crippen LogP contribution in [0.1, 0.15) is 43.7 Å². The predicted molar refractivity (Wildman–Crippen MR) is 102 cm³/mol. The SMILES string of the molecule is CN(C)CCN(C(=O)[C@H]1OCC(=O)N[C@@H]1c1cccnc1)C1CCCCC1. The fraction of sp³-hybridized carbons (Fsp3) is 0.650. The van der Waals surface area contributed by atoms with Gasteiger partial charge in [0.25, 0.3) is 5.91 Å². The molecular weight excluding hydrogens is 344 g/mol. The standard InChI is InChI=1S/C20H30N4O3/c1-23(2)11-12-24(16-8-4-3-5-9-16)20(26)19-18(22-17(25)14-27-19)15-7-6-10-21-13-15/h6-7,10,13,16,18-19H,3-5,8-9,11-12,14H2,1-2H3,(H,22,25)/t18-,19+/m1/s1. The molecule has 1 saturated carbocycles. The van der Waals surface area contributed by atoms with E-state index in [1.807, 2.05) is 31.1 Å². The van der Waals surface area contributed by atoms with E-state index in [1.165, 1.54) is 6.42 Å². The van der Waals surface area contributed by atoms with Crippen molar-refractivity contribution in [3.8, 4) is 0 Å². The number of rotatable bonds is 6. The van der Waals surface area contributed by atoms with Crippen LogP contribution < -0.4 is 5.32 Å². The minimum absolute atomic E-state index is 0.0300. The Bertz CT molecular complexity index is 631. The van der Waals surface area contributed by atoms with Crippen LogP contribution in [0.25, 0.3) is 0 Å². The average molecular weight is 374 g/mol. The molecule has 1 aromatic rings. The predicted octanol–water partition coefficient (Wildman–Crippen LogP) is 1.36. The Hall–Kier alpha value is -1.99. The van der Waals surface area contributed by atoms with Gasteiger partial charge in [-0.1, -0.05) is 25.3 Å². The van der Waals surface area contributed by atoms with Gasteiger partial charge in [-0.15, -0.1) is 0 Å². The zero-order chi connectivity index (χ0) is 19.2. The molecule has 0 bridgehead atoms. The van der Waals surface area contributed by atoms with E-state index in [-0.39, 0.29) is 24.5 Å². The summed E-state index contributed by atoms with van der Waals surface area (Å²) in [4.78, 5) is 33.6. The molecule has 2 atom stereocenters. The van der Waals surface area contributed by atoms with E-state index in [2.05, 4.69) is 15.2 Å². The van der Waals surface area contributed by atoms with Gasteiger partial charge in [-0.3, -0.25) is 14.6 Å². The Kier molecular flexibility index (Phi) is 6.79. The minimum atomic E-state index is -0.712. The van der Waals surface area contributed by atoms with E-state index >= 15 is 0 Å². The number of carbonyl (C=O) groups is 2. The quantitative estimate of drug-likeness (QED) is 0.814. The maximum absolute atomic E-state index is 13.5. The van der Waals surface area contributed by atoms with Crippen molar-refractivity contribution >= 4 is 11.8 Å². The van der Waals surface area contributed by atoms with Gasteiger partial charge in [-0.05, 0) is 38.6 Å². The molecule has 1 aliphatic heterocycles. The van der Waals surface area contributed by atoms with E-state index in [0.29, 0.717) is 6.54 Å². The number of nitrogens with one attached hydrogen (secondary N) is 1. The topological polar surface area (TPSA) is 74.8 Å². The van der Waals surface area contributed by atoms with Gasteiger partial charge in [-0.25, -0.2) is 0 Å². The smallest absolute Gasteiger partial charge is 0.254 e. The van der Waals surface area contributed by atoms with E-state index in [0.717, 1.165) is 37.8 Å². The third-order valence-electron chi connectivity index (χ3n) is 5.39. The number of aromatic nitrogens is 1. The molecule has 0 radical (unpaired) electrons. The first kappa shape index (κ1) is 19.8. The summed E-state index contributed by atoms with van der Waals surface area (Å²) in [7, 11) is 4.03. The third-order valence-corrected chi connectivity index (χ3v) is 5.39. The summed E-state index contributed by atoms with van der Waals surface area (Å²) < 4.78 is 5.75. The first-order valence-electron chi connectivity index (χ1n) is 9.82. The molecule has 7 nitrogen and oxygen atoms in total. The summed E-state index contributed by atoms with van der Waals surface area (Å²) in [6, 6.07) is 3.43. The second-order valence-electron chi connectivity index (χ2n) is 7.69. The van der Waals surface area contributed by atoms with E-state index in [4.69, 9.17) is 4.74 Å². The van der Waals surface area contributed by atoms with Crippen molar-refractivity contribution in [2.45, 2.75) is 50.3 Å². The van der Waals surface area contributed by atoms with Crippen molar-refractivity contribution in [3.05, 3.63) is 30.1 Å². The molecular formula is C20H30N4O3. The third kappa shape index (κ3) is 5.05. The molecule has 1 aromatic heterocycles. The highest BCUT2D eigenvalue weighted by molar-refractivity contribution is 5.86. The normalized spacial score (nSPS) is 23.9. The number of carbonyl (C=O) groups excluding carboxylic acids is 2. The molecule has 2 heterocycles. The maximum atomic E-state index is 13.5. The van der Waals surface area contributed by atoms with Crippen LogP contribution in [0.5, 0.6) is 0 Å². The van der Waals surface area contributed by atoms with Gasteiger partial charge in [0.2, 0.25) is 5.91 Å². The van der Waals surface area contributed by atoms with E-state index in [9.17, 15) is 9.59 Å². The molecule has 1 aliphatic carbocycles. The molecule has 2 aliphatic rings. The van der Waals surface area contributed by atoms with Crippen LogP contribution in [0.4, 0.5) is 0 Å². The zero-order valence-corrected chi connectivity index (χ0v) is 16.3. The largest absolute Gasteiger partial charge is 0.356 e. The van der Waals surface area contributed by atoms with E-state index < -0.39 is 12.1 Å². The molecule has 3 rings (SSSR count). The number of hydrogen-bond donors (Lipinski definition) is 1. The molecule has 7 heteroatoms. The van der Waals surface area contributed by atoms with Crippen molar-refractivity contribution in [2.24, 2.45) is 0 Å². The van der Waals surface area contributed by atoms with Crippen molar-refractivity contribution in [3.63, 3.8) is 0 Å². The number of pyridine rings is 1. The van der Waals surface area contributed by atoms with Crippen LogP contribution in [-0.4, -0.2) is 72.5 Å². The lowest BCUT2D eigenvalue weighted by Gasteiger charge is -2.40. The molecule has 2 fully saturated rings. The Morgan fingerprint density at radius 3 is 2.70 bits per heavy atom. The molecule has 148 valence electrons. The Morgan fingerprint density at radius 1 is 1.26 bits per heavy atom. The molecule has 0 spiro atoms. The molecule has 27 heavy (non-hydrogen) atoms. The highest BCUT2D eigenvalue weighted by Gasteiger charge is 2.40. The van der Waals surface area contributed by atoms with Gasteiger partial charge in [0.05, 0.1) is 6.04 Å². The lowest BCUT2D eigenvalue weighted by molar-refractivity contribution is -0.157. The first-order chi connectivity index (χ1) is 13.1. The second kappa shape index (κ2) is 9.28. The molecule has 1 saturated heterocycles. The number of hydrogen-bond acceptors (Lipinski definition) is 5. The van der Waals surface area contributed by atoms with Crippen LogP contribution in [0.15, 0.2) is 24.5 Å². The number of morpholine rings is 1. The fourth-order valence-electron chi connectivity index (χ4n) is 3.92. The lowest BCUT2D eigenvalue weighted by Crippen LogP contribution is -2.56. The van der Waals surface area contributed by atoms with Crippen LogP contribution in [0, 0.1) is 0 Å². The summed E-state index contributed by atoms with van der Waals surface area (Å²) in [5.74, 6) is -0.233. The van der Waals surface area contributed by atoms with Gasteiger partial charge >= 0.3 is 0 Å². The van der Waals surface area contributed by atoms with Crippen LogP contribution in [0.2, 0.25) is 0 Å². The Morgan fingerprint density at radius 2 is 2.04 bits per heavy atom. The lowest BCUT2D eigenvalue weighted by atomic mass is 9.92. The first-order valence-corrected chi connectivity index (χ1v) is 9.82. The van der Waals surface area contributed by atoms with Crippen molar-refractivity contribution in [2.75, 3.05) is 33.8 Å². The van der Waals surface area contributed by atoms with E-state index in [1.54, 1.807) is 12.4 Å². The van der Waals surface area contributed by atoms with Crippen LogP contribution in [-0.2, 0) is 14.3 Å². The highest BCUT2D eigenvalue weighted by Crippen LogP contribution is 2.28. The van der Waals surface area contributed by atoms with Gasteiger partial charge in [0.15, 0.2) is 6.10 Å². The van der Waals surface area contributed by atoms with Crippen molar-refractivity contribution in [1.29, 1.82) is 0 Å². The Balaban J connectivity index is 1.81. The molecule has 2 amide bonds. The van der Waals surface area contributed by atoms with Crippen molar-refractivity contribution in [1.82, 2.24) is 20.1 Å². The average Bonchev–Trinajstić information content (AvgIpc) is 2.69. The van der Waals surface area contributed by atoms with Crippen molar-refractivity contribution < 1.29 is 14.3 Å². The monoisotopic (exact) mass is 374 g/mol. The highest BCUT2D eigenvalue weighted by atomic mass is 16.5. The summed E-state index contributed by atoms with van der Waals surface area (Å²) in [5.41, 5.74) is 0.792. The summed E-state index contributed by atoms with van der Waals surface area (Å²) >= 11 is 0. The Labute approximate surface area is 161 Å². The van der Waals surface area contributed by atoms with Crippen LogP contribution >= 0.6 is 0 Å². The van der Waals surface area contributed by atoms with Gasteiger partial charge < -0.3 is 19.9 Å². The van der Waals surface area contributed by atoms with Crippen LogP contribution in [0.3, 0.4) is 0 Å². The fourth-order valence-corrected chi connectivity index (χ4v) is 3.92. The molecule has 1 N–H and O–H groups in total. The maximum Gasteiger partial charge on any atom is 0.254 e. The number of amides is 2. The zero-order valence-electron chi connectivity index (χ0n) is 16.3. The van der Waals surface area contributed by atoms with Gasteiger partial charge in [0, 0.05) is 31.5 Å². The van der Waals surface area contributed by atoms with Gasteiger partial charge in [0.1, 0.15) is 6.61 Å². The second-order valence-corrected chi connectivity index (χ2v) is 7.69. The van der Waals surface area contributed by atoms with Gasteiger partial charge in [-0.2, -0.15) is 0 Å². The number of ether oxygens (including phenoxy) is 1. The summed E-state index contributed by atoms with van der Waals surface area (Å²) in [6.45, 7) is 1.39. The summed E-state index contributed by atoms with van der Waals surface area (Å²) in [5, 5.41) is 2.92.